The molecule has 4 heteroatoms. The van der Waals surface area contributed by atoms with Crippen LogP contribution in [0.1, 0.15) is 0 Å². The summed E-state index contributed by atoms with van der Waals surface area (Å²) in [6.45, 7) is 0. The van der Waals surface area contributed by atoms with E-state index >= 15 is 0 Å². The zero-order valence-electron chi connectivity index (χ0n) is 25.0. The largest absolute Gasteiger partial charge is 0.256 e. The predicted octanol–water partition coefficient (Wildman–Crippen LogP) is 10.4. The van der Waals surface area contributed by atoms with E-state index in [1.807, 2.05) is 30.5 Å². The standard InChI is InChI=1S/C42H28N4/c1-3-10-29(11-4-1)34-15-9-16-35(24-34)41-44-28-45-42(46-41)38-26-36(30-12-5-2-6-13-30)25-37(27-38)31-18-20-33(21-19-31)40-39-17-8-7-14-32(39)22-23-43-40/h1-28H. The summed E-state index contributed by atoms with van der Waals surface area (Å²) in [5, 5.41) is 2.33. The van der Waals surface area contributed by atoms with Crippen molar-refractivity contribution in [1.82, 2.24) is 19.9 Å². The number of aromatic nitrogens is 4. The van der Waals surface area contributed by atoms with Crippen molar-refractivity contribution >= 4 is 10.8 Å². The van der Waals surface area contributed by atoms with Gasteiger partial charge in [0.05, 0.1) is 5.69 Å². The lowest BCUT2D eigenvalue weighted by molar-refractivity contribution is 1.07. The Bertz CT molecular complexity index is 2290. The molecule has 2 heterocycles. The van der Waals surface area contributed by atoms with Crippen molar-refractivity contribution in [2.45, 2.75) is 0 Å². The topological polar surface area (TPSA) is 51.6 Å². The van der Waals surface area contributed by atoms with Gasteiger partial charge in [0.15, 0.2) is 11.6 Å². The van der Waals surface area contributed by atoms with Crippen molar-refractivity contribution in [2.75, 3.05) is 0 Å². The van der Waals surface area contributed by atoms with Crippen LogP contribution in [0, 0.1) is 0 Å². The molecule has 0 aliphatic heterocycles. The first-order valence-electron chi connectivity index (χ1n) is 15.3. The normalized spacial score (nSPS) is 11.0. The molecule has 0 saturated carbocycles. The second-order valence-corrected chi connectivity index (χ2v) is 11.2. The Hall–Kier alpha value is -6.26. The van der Waals surface area contributed by atoms with Crippen LogP contribution in [0.15, 0.2) is 170 Å². The second kappa shape index (κ2) is 12.0. The molecule has 0 amide bonds. The summed E-state index contributed by atoms with van der Waals surface area (Å²) in [5.74, 6) is 1.27. The summed E-state index contributed by atoms with van der Waals surface area (Å²) < 4.78 is 0. The highest BCUT2D eigenvalue weighted by molar-refractivity contribution is 5.94. The van der Waals surface area contributed by atoms with Crippen molar-refractivity contribution in [3.8, 4) is 67.4 Å². The fourth-order valence-electron chi connectivity index (χ4n) is 5.93. The highest BCUT2D eigenvalue weighted by atomic mass is 15.0. The van der Waals surface area contributed by atoms with E-state index in [0.29, 0.717) is 11.6 Å². The molecule has 0 bridgehead atoms. The second-order valence-electron chi connectivity index (χ2n) is 11.2. The zero-order valence-corrected chi connectivity index (χ0v) is 25.0. The molecular formula is C42H28N4. The van der Waals surface area contributed by atoms with Crippen molar-refractivity contribution in [3.05, 3.63) is 170 Å². The summed E-state index contributed by atoms with van der Waals surface area (Å²) in [6.07, 6.45) is 3.48. The number of benzene rings is 6. The maximum absolute atomic E-state index is 4.97. The number of nitrogens with zero attached hydrogens (tertiary/aromatic N) is 4. The molecule has 0 fully saturated rings. The van der Waals surface area contributed by atoms with Gasteiger partial charge in [0.1, 0.15) is 6.33 Å². The predicted molar refractivity (Wildman–Crippen MR) is 188 cm³/mol. The molecule has 0 aliphatic carbocycles. The fraction of sp³-hybridized carbons (Fsp3) is 0. The van der Waals surface area contributed by atoms with Crippen molar-refractivity contribution < 1.29 is 0 Å². The Balaban J connectivity index is 1.20. The van der Waals surface area contributed by atoms with Crippen LogP contribution in [0.2, 0.25) is 0 Å². The van der Waals surface area contributed by atoms with E-state index in [1.165, 1.54) is 5.39 Å². The maximum Gasteiger partial charge on any atom is 0.163 e. The minimum Gasteiger partial charge on any atom is -0.256 e. The Labute approximate surface area is 267 Å². The molecule has 4 nitrogen and oxygen atoms in total. The van der Waals surface area contributed by atoms with Gasteiger partial charge >= 0.3 is 0 Å². The summed E-state index contributed by atoms with van der Waals surface area (Å²) in [6, 6.07) is 54.7. The van der Waals surface area contributed by atoms with Crippen LogP contribution >= 0.6 is 0 Å². The van der Waals surface area contributed by atoms with E-state index in [9.17, 15) is 0 Å². The summed E-state index contributed by atoms with van der Waals surface area (Å²) in [7, 11) is 0. The molecule has 6 aromatic carbocycles. The van der Waals surface area contributed by atoms with E-state index in [0.717, 1.165) is 61.2 Å². The van der Waals surface area contributed by atoms with Gasteiger partial charge in [-0.3, -0.25) is 4.98 Å². The van der Waals surface area contributed by atoms with E-state index in [1.54, 1.807) is 6.33 Å². The van der Waals surface area contributed by atoms with Crippen LogP contribution in [-0.4, -0.2) is 19.9 Å². The van der Waals surface area contributed by atoms with Gasteiger partial charge in [-0.25, -0.2) is 15.0 Å². The molecule has 8 aromatic rings. The van der Waals surface area contributed by atoms with Crippen molar-refractivity contribution in [3.63, 3.8) is 0 Å². The average Bonchev–Trinajstić information content (AvgIpc) is 3.15. The van der Waals surface area contributed by atoms with Crippen LogP contribution < -0.4 is 0 Å². The van der Waals surface area contributed by atoms with Crippen LogP contribution in [-0.2, 0) is 0 Å². The molecule has 0 aliphatic rings. The smallest absolute Gasteiger partial charge is 0.163 e. The number of hydrogen-bond acceptors (Lipinski definition) is 4. The molecular weight excluding hydrogens is 560 g/mol. The summed E-state index contributed by atoms with van der Waals surface area (Å²) >= 11 is 0. The first-order chi connectivity index (χ1) is 22.8. The van der Waals surface area contributed by atoms with Crippen molar-refractivity contribution in [1.29, 1.82) is 0 Å². The molecule has 46 heavy (non-hydrogen) atoms. The minimum atomic E-state index is 0.630. The molecule has 2 aromatic heterocycles. The molecule has 0 radical (unpaired) electrons. The van der Waals surface area contributed by atoms with E-state index in [-0.39, 0.29) is 0 Å². The van der Waals surface area contributed by atoms with Crippen molar-refractivity contribution in [2.24, 2.45) is 0 Å². The monoisotopic (exact) mass is 588 g/mol. The quantitative estimate of drug-likeness (QED) is 0.194. The lowest BCUT2D eigenvalue weighted by Crippen LogP contribution is -1.96. The van der Waals surface area contributed by atoms with Gasteiger partial charge < -0.3 is 0 Å². The first-order valence-corrected chi connectivity index (χ1v) is 15.3. The molecule has 0 spiro atoms. The average molecular weight is 589 g/mol. The van der Waals surface area contributed by atoms with Crippen LogP contribution in [0.4, 0.5) is 0 Å². The lowest BCUT2D eigenvalue weighted by atomic mass is 9.94. The summed E-state index contributed by atoms with van der Waals surface area (Å²) in [4.78, 5) is 18.9. The van der Waals surface area contributed by atoms with Crippen LogP contribution in [0.5, 0.6) is 0 Å². The molecule has 0 unspecified atom stereocenters. The number of pyridine rings is 1. The van der Waals surface area contributed by atoms with Gasteiger partial charge in [0, 0.05) is 28.3 Å². The molecule has 0 saturated heterocycles. The van der Waals surface area contributed by atoms with Gasteiger partial charge in [0.2, 0.25) is 0 Å². The molecule has 216 valence electrons. The van der Waals surface area contributed by atoms with E-state index in [2.05, 4.69) is 143 Å². The third-order valence-electron chi connectivity index (χ3n) is 8.26. The Morgan fingerprint density at radius 1 is 0.326 bits per heavy atom. The van der Waals surface area contributed by atoms with Gasteiger partial charge in [-0.05, 0) is 69.1 Å². The third kappa shape index (κ3) is 5.44. The van der Waals surface area contributed by atoms with E-state index < -0.39 is 0 Å². The highest BCUT2D eigenvalue weighted by Gasteiger charge is 2.13. The van der Waals surface area contributed by atoms with Crippen LogP contribution in [0.25, 0.3) is 78.2 Å². The Morgan fingerprint density at radius 3 is 1.59 bits per heavy atom. The molecule has 8 rings (SSSR count). The first kappa shape index (κ1) is 27.3. The van der Waals surface area contributed by atoms with Gasteiger partial charge in [0.25, 0.3) is 0 Å². The minimum absolute atomic E-state index is 0.630. The number of hydrogen-bond donors (Lipinski definition) is 0. The SMILES string of the molecule is c1ccc(-c2cccc(-c3ncnc(-c4cc(-c5ccccc5)cc(-c5ccc(-c6nccc7ccccc67)cc5)c4)n3)c2)cc1. The number of fused-ring (bicyclic) bond motifs is 1. The van der Waals surface area contributed by atoms with Gasteiger partial charge in [-0.15, -0.1) is 0 Å². The third-order valence-corrected chi connectivity index (χ3v) is 8.26. The molecule has 0 N–H and O–H groups in total. The molecule has 0 atom stereocenters. The fourth-order valence-corrected chi connectivity index (χ4v) is 5.93. The lowest BCUT2D eigenvalue weighted by Gasteiger charge is -2.12. The van der Waals surface area contributed by atoms with Gasteiger partial charge in [-0.1, -0.05) is 127 Å². The summed E-state index contributed by atoms with van der Waals surface area (Å²) in [5.41, 5.74) is 10.6. The van der Waals surface area contributed by atoms with Crippen LogP contribution in [0.3, 0.4) is 0 Å². The Kier molecular flexibility index (Phi) is 7.14. The zero-order chi connectivity index (χ0) is 30.7. The van der Waals surface area contributed by atoms with E-state index in [4.69, 9.17) is 9.97 Å². The Morgan fingerprint density at radius 2 is 0.848 bits per heavy atom. The highest BCUT2D eigenvalue weighted by Crippen LogP contribution is 2.34. The maximum atomic E-state index is 4.97. The number of rotatable bonds is 6. The van der Waals surface area contributed by atoms with Gasteiger partial charge in [-0.2, -0.15) is 0 Å².